The second-order valence-electron chi connectivity index (χ2n) is 6.17. The predicted molar refractivity (Wildman–Crippen MR) is 86.3 cm³/mol. The van der Waals surface area contributed by atoms with Crippen molar-refractivity contribution in [2.24, 2.45) is 10.9 Å². The van der Waals surface area contributed by atoms with Gasteiger partial charge in [-0.2, -0.15) is 0 Å². The fourth-order valence-electron chi connectivity index (χ4n) is 2.59. The molecule has 0 fully saturated rings. The van der Waals surface area contributed by atoms with E-state index in [-0.39, 0.29) is 12.2 Å². The van der Waals surface area contributed by atoms with Gasteiger partial charge < -0.3 is 4.90 Å². The van der Waals surface area contributed by atoms with Crippen molar-refractivity contribution in [3.8, 4) is 0 Å². The average molecular weight is 304 g/mol. The van der Waals surface area contributed by atoms with E-state index in [0.29, 0.717) is 12.0 Å². The molecule has 3 N–H and O–H groups in total. The van der Waals surface area contributed by atoms with Crippen LogP contribution in [0.3, 0.4) is 0 Å². The van der Waals surface area contributed by atoms with Crippen LogP contribution in [0, 0.1) is 5.92 Å². The van der Waals surface area contributed by atoms with Gasteiger partial charge in [-0.15, -0.1) is 0 Å². The van der Waals surface area contributed by atoms with Gasteiger partial charge in [-0.3, -0.25) is 20.3 Å². The van der Waals surface area contributed by atoms with E-state index in [9.17, 15) is 4.79 Å². The van der Waals surface area contributed by atoms with Gasteiger partial charge in [-0.25, -0.2) is 5.48 Å². The van der Waals surface area contributed by atoms with E-state index in [4.69, 9.17) is 10.2 Å². The summed E-state index contributed by atoms with van der Waals surface area (Å²) in [5.74, 6) is 0.808. The zero-order chi connectivity index (χ0) is 16.3. The van der Waals surface area contributed by atoms with Gasteiger partial charge >= 0.3 is 0 Å². The second kappa shape index (κ2) is 6.89. The summed E-state index contributed by atoms with van der Waals surface area (Å²) >= 11 is 0. The van der Waals surface area contributed by atoms with E-state index in [1.165, 1.54) is 6.08 Å². The number of hydrogen-bond donors (Lipinski definition) is 3. The molecule has 0 aromatic rings. The number of hydrogen-bond acceptors (Lipinski definition) is 5. The maximum atomic E-state index is 11.1. The van der Waals surface area contributed by atoms with Crippen molar-refractivity contribution >= 4 is 11.7 Å². The van der Waals surface area contributed by atoms with E-state index in [1.54, 1.807) is 11.6 Å². The summed E-state index contributed by atoms with van der Waals surface area (Å²) in [5.41, 5.74) is 2.46. The topological polar surface area (TPSA) is 77.0 Å². The molecule has 0 radical (unpaired) electrons. The SMILES string of the molecule is CC(C)NC1C(C(C)C)N=C2C=CC(/C=C/C(=O)NO)=CN21. The Kier molecular flexibility index (Phi) is 5.15. The van der Waals surface area contributed by atoms with Crippen LogP contribution in [0.15, 0.2) is 41.1 Å². The minimum absolute atomic E-state index is 0.106. The second-order valence-corrected chi connectivity index (χ2v) is 6.17. The van der Waals surface area contributed by atoms with Crippen LogP contribution in [0.4, 0.5) is 0 Å². The Morgan fingerprint density at radius 3 is 2.68 bits per heavy atom. The molecular formula is C16H24N4O2. The van der Waals surface area contributed by atoms with Crippen LogP contribution >= 0.6 is 0 Å². The highest BCUT2D eigenvalue weighted by Crippen LogP contribution is 2.27. The molecule has 6 heteroatoms. The first-order valence-electron chi connectivity index (χ1n) is 7.56. The zero-order valence-electron chi connectivity index (χ0n) is 13.4. The van der Waals surface area contributed by atoms with Gasteiger partial charge in [0.25, 0.3) is 5.91 Å². The van der Waals surface area contributed by atoms with Crippen LogP contribution in [0.25, 0.3) is 0 Å². The lowest BCUT2D eigenvalue weighted by Crippen LogP contribution is -2.51. The molecular weight excluding hydrogens is 280 g/mol. The third-order valence-electron chi connectivity index (χ3n) is 3.61. The summed E-state index contributed by atoms with van der Waals surface area (Å²) in [5, 5.41) is 12.1. The molecule has 2 unspecified atom stereocenters. The van der Waals surface area contributed by atoms with Gasteiger partial charge in [-0.1, -0.05) is 13.8 Å². The Balaban J connectivity index is 2.22. The Bertz CT molecular complexity index is 546. The molecule has 2 aliphatic heterocycles. The zero-order valence-corrected chi connectivity index (χ0v) is 13.4. The Hall–Kier alpha value is -1.92. The molecule has 2 aliphatic rings. The molecule has 0 bridgehead atoms. The molecule has 0 spiro atoms. The fraction of sp³-hybridized carbons (Fsp3) is 0.500. The van der Waals surface area contributed by atoms with E-state index in [2.05, 4.69) is 37.9 Å². The van der Waals surface area contributed by atoms with Crippen LogP contribution in [0.2, 0.25) is 0 Å². The summed E-state index contributed by atoms with van der Waals surface area (Å²) in [6, 6.07) is 0.529. The summed E-state index contributed by atoms with van der Waals surface area (Å²) in [4.78, 5) is 18.0. The predicted octanol–water partition coefficient (Wildman–Crippen LogP) is 1.56. The van der Waals surface area contributed by atoms with Gasteiger partial charge in [0.15, 0.2) is 0 Å². The highest BCUT2D eigenvalue weighted by Gasteiger charge is 2.37. The number of nitrogens with zero attached hydrogens (tertiary/aromatic N) is 2. The number of nitrogens with one attached hydrogen (secondary N) is 2. The Morgan fingerprint density at radius 1 is 1.36 bits per heavy atom. The largest absolute Gasteiger partial charge is 0.314 e. The number of hydroxylamine groups is 1. The van der Waals surface area contributed by atoms with Crippen LogP contribution in [0.5, 0.6) is 0 Å². The minimum Gasteiger partial charge on any atom is -0.314 e. The number of amides is 1. The van der Waals surface area contributed by atoms with Gasteiger partial charge in [0.05, 0.1) is 6.04 Å². The van der Waals surface area contributed by atoms with E-state index in [1.807, 2.05) is 18.4 Å². The molecule has 2 heterocycles. The number of fused-ring (bicyclic) bond motifs is 1. The molecule has 0 aliphatic carbocycles. The standard InChI is InChI=1S/C16H24N4O2/c1-10(2)15-16(17-11(3)4)20-9-12(5-7-13(20)18-15)6-8-14(21)19-22/h5-11,15-17,22H,1-4H3,(H,19,21)/b8-6+. The van der Waals surface area contributed by atoms with Crippen LogP contribution in [0.1, 0.15) is 27.7 Å². The monoisotopic (exact) mass is 304 g/mol. The van der Waals surface area contributed by atoms with E-state index >= 15 is 0 Å². The lowest BCUT2D eigenvalue weighted by Gasteiger charge is -2.32. The minimum atomic E-state index is -0.549. The first-order valence-corrected chi connectivity index (χ1v) is 7.56. The van der Waals surface area contributed by atoms with Crippen LogP contribution in [-0.2, 0) is 4.79 Å². The van der Waals surface area contributed by atoms with Gasteiger partial charge in [-0.05, 0) is 43.6 Å². The molecule has 22 heavy (non-hydrogen) atoms. The quantitative estimate of drug-likeness (QED) is 0.409. The molecule has 2 atom stereocenters. The number of carbonyl (C=O) groups is 1. The third kappa shape index (κ3) is 3.64. The molecule has 120 valence electrons. The van der Waals surface area contributed by atoms with Crippen molar-refractivity contribution < 1.29 is 10.0 Å². The molecule has 2 rings (SSSR count). The van der Waals surface area contributed by atoms with Crippen molar-refractivity contribution in [1.29, 1.82) is 0 Å². The van der Waals surface area contributed by atoms with Crippen LogP contribution in [-0.4, -0.2) is 40.1 Å². The molecule has 1 amide bonds. The first-order chi connectivity index (χ1) is 10.4. The normalized spacial score (nSPS) is 24.0. The van der Waals surface area contributed by atoms with Crippen molar-refractivity contribution in [1.82, 2.24) is 15.7 Å². The molecule has 0 saturated carbocycles. The molecule has 0 aromatic heterocycles. The Morgan fingerprint density at radius 2 is 2.09 bits per heavy atom. The summed E-state index contributed by atoms with van der Waals surface area (Å²) in [6.07, 6.45) is 8.89. The van der Waals surface area contributed by atoms with Crippen molar-refractivity contribution in [2.75, 3.05) is 0 Å². The van der Waals surface area contributed by atoms with Crippen molar-refractivity contribution in [3.63, 3.8) is 0 Å². The Labute approximate surface area is 131 Å². The molecule has 6 nitrogen and oxygen atoms in total. The van der Waals surface area contributed by atoms with Gasteiger partial charge in [0, 0.05) is 18.3 Å². The maximum Gasteiger partial charge on any atom is 0.267 e. The average Bonchev–Trinajstić information content (AvgIpc) is 2.82. The summed E-state index contributed by atoms with van der Waals surface area (Å²) in [6.45, 7) is 8.57. The maximum absolute atomic E-state index is 11.1. The molecule has 0 aromatic carbocycles. The number of rotatable bonds is 5. The van der Waals surface area contributed by atoms with Crippen molar-refractivity contribution in [2.45, 2.75) is 45.9 Å². The summed E-state index contributed by atoms with van der Waals surface area (Å²) in [7, 11) is 0. The number of aliphatic imine (C=N–C) groups is 1. The van der Waals surface area contributed by atoms with Crippen LogP contribution < -0.4 is 10.8 Å². The number of amidine groups is 1. The van der Waals surface area contributed by atoms with Gasteiger partial charge in [0.1, 0.15) is 12.0 Å². The van der Waals surface area contributed by atoms with Gasteiger partial charge in [0.2, 0.25) is 0 Å². The third-order valence-corrected chi connectivity index (χ3v) is 3.61. The lowest BCUT2D eigenvalue weighted by atomic mass is 10.0. The smallest absolute Gasteiger partial charge is 0.267 e. The number of allylic oxidation sites excluding steroid dienone is 3. The highest BCUT2D eigenvalue weighted by atomic mass is 16.5. The van der Waals surface area contributed by atoms with Crippen molar-refractivity contribution in [3.05, 3.63) is 36.1 Å². The van der Waals surface area contributed by atoms with E-state index < -0.39 is 5.91 Å². The summed E-state index contributed by atoms with van der Waals surface area (Å²) < 4.78 is 0. The highest BCUT2D eigenvalue weighted by molar-refractivity contribution is 5.97. The fourth-order valence-corrected chi connectivity index (χ4v) is 2.59. The van der Waals surface area contributed by atoms with E-state index in [0.717, 1.165) is 11.4 Å². The molecule has 0 saturated heterocycles. The lowest BCUT2D eigenvalue weighted by molar-refractivity contribution is -0.124. The number of carbonyl (C=O) groups excluding carboxylic acids is 1. The first kappa shape index (κ1) is 16.5.